The van der Waals surface area contributed by atoms with Crippen LogP contribution in [0.3, 0.4) is 0 Å². The molecule has 168 valence electrons. The number of aromatic nitrogens is 2. The van der Waals surface area contributed by atoms with Crippen molar-refractivity contribution in [1.29, 1.82) is 0 Å². The summed E-state index contributed by atoms with van der Waals surface area (Å²) in [5, 5.41) is 15.5. The molecule has 0 unspecified atom stereocenters. The minimum atomic E-state index is -3.50. The first-order chi connectivity index (χ1) is 14.5. The molecule has 1 saturated heterocycles. The minimum Gasteiger partial charge on any atom is -0.465 e. The van der Waals surface area contributed by atoms with Crippen LogP contribution in [-0.4, -0.2) is 58.6 Å². The number of nitrogens with zero attached hydrogens (tertiary/aromatic N) is 3. The molecule has 0 radical (unpaired) electrons. The second-order valence-electron chi connectivity index (χ2n) is 7.63. The third-order valence-corrected chi connectivity index (χ3v) is 6.32. The zero-order valence-electron chi connectivity index (χ0n) is 16.3. The van der Waals surface area contributed by atoms with E-state index in [4.69, 9.17) is 4.74 Å². The number of carbonyl (C=O) groups is 1. The van der Waals surface area contributed by atoms with E-state index in [1.807, 2.05) is 4.90 Å². The highest BCUT2D eigenvalue weighted by Crippen LogP contribution is 2.35. The highest BCUT2D eigenvalue weighted by Gasteiger charge is 2.39. The number of benzene rings is 1. The second-order valence-corrected chi connectivity index (χ2v) is 9.47. The number of nitrogens with one attached hydrogen (secondary N) is 1. The van der Waals surface area contributed by atoms with E-state index in [0.717, 1.165) is 15.9 Å². The largest absolute Gasteiger partial charge is 0.465 e. The summed E-state index contributed by atoms with van der Waals surface area (Å²) in [6.45, 7) is 0.788. The molecule has 2 aromatic rings. The van der Waals surface area contributed by atoms with E-state index in [0.29, 0.717) is 30.9 Å². The Morgan fingerprint density at radius 1 is 1.23 bits per heavy atom. The van der Waals surface area contributed by atoms with E-state index in [1.54, 1.807) is 0 Å². The molecule has 2 aliphatic rings. The monoisotopic (exact) mass is 460 g/mol. The van der Waals surface area contributed by atoms with Crippen LogP contribution in [0, 0.1) is 17.5 Å². The first-order valence-electron chi connectivity index (χ1n) is 9.30. The van der Waals surface area contributed by atoms with Gasteiger partial charge >= 0.3 is 6.09 Å². The van der Waals surface area contributed by atoms with E-state index in [2.05, 4.69) is 10.4 Å². The summed E-state index contributed by atoms with van der Waals surface area (Å²) >= 11 is 0. The molecule has 0 spiro atoms. The van der Waals surface area contributed by atoms with Crippen LogP contribution in [0.5, 0.6) is 0 Å². The van der Waals surface area contributed by atoms with E-state index in [1.165, 1.54) is 6.20 Å². The molecule has 2 N–H and O–H groups in total. The van der Waals surface area contributed by atoms with Gasteiger partial charge in [-0.3, -0.25) is 4.90 Å². The lowest BCUT2D eigenvalue weighted by atomic mass is 9.92. The number of carboxylic acid groups (broad SMARTS) is 1. The van der Waals surface area contributed by atoms with Crippen molar-refractivity contribution in [2.75, 3.05) is 12.9 Å². The van der Waals surface area contributed by atoms with Gasteiger partial charge in [0, 0.05) is 42.5 Å². The summed E-state index contributed by atoms with van der Waals surface area (Å²) < 4.78 is 71.1. The Balaban J connectivity index is 1.53. The normalized spacial score (nSPS) is 24.2. The van der Waals surface area contributed by atoms with E-state index >= 15 is 0 Å². The fourth-order valence-electron chi connectivity index (χ4n) is 4.01. The van der Waals surface area contributed by atoms with Crippen molar-refractivity contribution in [1.82, 2.24) is 19.4 Å². The van der Waals surface area contributed by atoms with E-state index in [9.17, 15) is 31.5 Å². The number of halogens is 3. The fourth-order valence-corrected chi connectivity index (χ4v) is 4.57. The molecule has 13 heteroatoms. The Labute approximate surface area is 175 Å². The minimum absolute atomic E-state index is 0.0806. The van der Waals surface area contributed by atoms with Crippen molar-refractivity contribution in [2.24, 2.45) is 0 Å². The number of amides is 1. The van der Waals surface area contributed by atoms with Gasteiger partial charge in [0.05, 0.1) is 24.6 Å². The lowest BCUT2D eigenvalue weighted by Gasteiger charge is -2.40. The van der Waals surface area contributed by atoms with Crippen LogP contribution in [0.4, 0.5) is 18.0 Å². The van der Waals surface area contributed by atoms with Gasteiger partial charge in [-0.05, 0) is 12.5 Å². The Morgan fingerprint density at radius 2 is 1.94 bits per heavy atom. The third-order valence-electron chi connectivity index (χ3n) is 5.45. The number of ether oxygens (including phenoxy) is 1. The standard InChI is InChI=1S/C18H19F3N4O5S/c1-31(28,29)25-6-9-5-24(7-16(9)23-25)10-2-15(22-18(26)27)17(30-8-10)11-3-13(20)14(21)4-12(11)19/h3-4,6,10,15,17,22H,2,5,7-8H2,1H3,(H,26,27)/t10-,15+,17-/m1/s1. The van der Waals surface area contributed by atoms with Gasteiger partial charge in [-0.2, -0.15) is 9.19 Å². The molecular formula is C18H19F3N4O5S. The molecule has 0 bridgehead atoms. The molecule has 1 aromatic heterocycles. The Kier molecular flexibility index (Phi) is 5.43. The van der Waals surface area contributed by atoms with Gasteiger partial charge in [0.2, 0.25) is 0 Å². The number of hydrogen-bond donors (Lipinski definition) is 2. The molecule has 2 aliphatic heterocycles. The van der Waals surface area contributed by atoms with Gasteiger partial charge < -0.3 is 15.2 Å². The van der Waals surface area contributed by atoms with Crippen molar-refractivity contribution in [2.45, 2.75) is 37.7 Å². The smallest absolute Gasteiger partial charge is 0.404 e. The van der Waals surface area contributed by atoms with Gasteiger partial charge in [-0.25, -0.2) is 26.4 Å². The van der Waals surface area contributed by atoms with Crippen LogP contribution < -0.4 is 5.32 Å². The topological polar surface area (TPSA) is 114 Å². The molecule has 1 amide bonds. The van der Waals surface area contributed by atoms with Gasteiger partial charge in [0.25, 0.3) is 10.0 Å². The van der Waals surface area contributed by atoms with E-state index < -0.39 is 45.7 Å². The fraction of sp³-hybridized carbons (Fsp3) is 0.444. The molecule has 9 nitrogen and oxygen atoms in total. The lowest BCUT2D eigenvalue weighted by Crippen LogP contribution is -2.51. The zero-order valence-corrected chi connectivity index (χ0v) is 17.1. The molecular weight excluding hydrogens is 441 g/mol. The molecule has 3 heterocycles. The molecule has 1 fully saturated rings. The molecule has 0 saturated carbocycles. The highest BCUT2D eigenvalue weighted by molar-refractivity contribution is 7.89. The predicted molar refractivity (Wildman–Crippen MR) is 100 cm³/mol. The van der Waals surface area contributed by atoms with Crippen molar-refractivity contribution >= 4 is 16.1 Å². The number of hydrogen-bond acceptors (Lipinski definition) is 6. The third kappa shape index (κ3) is 4.25. The quantitative estimate of drug-likeness (QED) is 0.666. The molecule has 1 aromatic carbocycles. The maximum atomic E-state index is 14.3. The predicted octanol–water partition coefficient (Wildman–Crippen LogP) is 1.59. The summed E-state index contributed by atoms with van der Waals surface area (Å²) in [6.07, 6.45) is 0.187. The maximum absolute atomic E-state index is 14.3. The maximum Gasteiger partial charge on any atom is 0.404 e. The SMILES string of the molecule is CS(=O)(=O)n1cc2c(n1)CN([C@H]1CO[C@H](c3cc(F)c(F)cc3F)[C@@H](NC(=O)O)C1)C2. The lowest BCUT2D eigenvalue weighted by molar-refractivity contribution is -0.0602. The van der Waals surface area contributed by atoms with Gasteiger partial charge in [0.15, 0.2) is 11.6 Å². The summed E-state index contributed by atoms with van der Waals surface area (Å²) in [4.78, 5) is 13.2. The second kappa shape index (κ2) is 7.80. The van der Waals surface area contributed by atoms with Gasteiger partial charge in [-0.1, -0.05) is 0 Å². The van der Waals surface area contributed by atoms with Gasteiger partial charge in [0.1, 0.15) is 11.9 Å². The van der Waals surface area contributed by atoms with Crippen molar-refractivity contribution in [3.05, 3.63) is 52.6 Å². The Morgan fingerprint density at radius 3 is 2.58 bits per heavy atom. The zero-order chi connectivity index (χ0) is 22.5. The number of rotatable bonds is 4. The van der Waals surface area contributed by atoms with Crippen LogP contribution in [0.15, 0.2) is 18.3 Å². The summed E-state index contributed by atoms with van der Waals surface area (Å²) in [5.41, 5.74) is 1.04. The van der Waals surface area contributed by atoms with Crippen LogP contribution in [-0.2, 0) is 27.8 Å². The Hall–Kier alpha value is -2.64. The first-order valence-corrected chi connectivity index (χ1v) is 11.1. The highest BCUT2D eigenvalue weighted by atomic mass is 32.2. The molecule has 3 atom stereocenters. The molecule has 31 heavy (non-hydrogen) atoms. The average Bonchev–Trinajstić information content (AvgIpc) is 3.23. The first kappa shape index (κ1) is 21.6. The summed E-state index contributed by atoms with van der Waals surface area (Å²) in [7, 11) is -3.50. The van der Waals surface area contributed by atoms with Crippen molar-refractivity contribution in [3.8, 4) is 0 Å². The van der Waals surface area contributed by atoms with Crippen LogP contribution in [0.1, 0.15) is 29.3 Å². The van der Waals surface area contributed by atoms with Crippen molar-refractivity contribution in [3.63, 3.8) is 0 Å². The van der Waals surface area contributed by atoms with E-state index in [-0.39, 0.29) is 24.6 Å². The molecule has 4 rings (SSSR count). The average molecular weight is 460 g/mol. The Bertz CT molecular complexity index is 1120. The van der Waals surface area contributed by atoms with Crippen LogP contribution >= 0.6 is 0 Å². The van der Waals surface area contributed by atoms with Crippen LogP contribution in [0.2, 0.25) is 0 Å². The summed E-state index contributed by atoms with van der Waals surface area (Å²) in [5.74, 6) is -3.64. The van der Waals surface area contributed by atoms with Crippen LogP contribution in [0.25, 0.3) is 0 Å². The summed E-state index contributed by atoms with van der Waals surface area (Å²) in [6, 6.07) is -0.134. The molecule has 0 aliphatic carbocycles. The van der Waals surface area contributed by atoms with Crippen molar-refractivity contribution < 1.29 is 36.2 Å². The number of fused-ring (bicyclic) bond motifs is 1. The van der Waals surface area contributed by atoms with Gasteiger partial charge in [-0.15, -0.1) is 0 Å².